The third-order valence-electron chi connectivity index (χ3n) is 3.23. The van der Waals surface area contributed by atoms with Gasteiger partial charge in [-0.1, -0.05) is 6.92 Å². The van der Waals surface area contributed by atoms with Gasteiger partial charge in [-0.2, -0.15) is 0 Å². The van der Waals surface area contributed by atoms with Crippen LogP contribution in [-0.4, -0.2) is 31.3 Å². The largest absolute Gasteiger partial charge is 0.497 e. The lowest BCUT2D eigenvalue weighted by atomic mass is 9.89. The third-order valence-corrected chi connectivity index (χ3v) is 3.23. The summed E-state index contributed by atoms with van der Waals surface area (Å²) in [6, 6.07) is 4.64. The fraction of sp³-hybridized carbons (Fsp3) is 0.500. The van der Waals surface area contributed by atoms with Gasteiger partial charge in [0.1, 0.15) is 17.5 Å². The first-order valence-corrected chi connectivity index (χ1v) is 6.23. The van der Waals surface area contributed by atoms with E-state index in [9.17, 15) is 4.79 Å². The molecular formula is C14H21NO4. The highest BCUT2D eigenvalue weighted by molar-refractivity contribution is 5.73. The van der Waals surface area contributed by atoms with Crippen LogP contribution in [0.25, 0.3) is 0 Å². The van der Waals surface area contributed by atoms with E-state index in [1.54, 1.807) is 14.2 Å². The van der Waals surface area contributed by atoms with Crippen LogP contribution in [0.15, 0.2) is 18.2 Å². The molecule has 0 aliphatic rings. The first-order chi connectivity index (χ1) is 9.03. The van der Waals surface area contributed by atoms with E-state index >= 15 is 0 Å². The van der Waals surface area contributed by atoms with Crippen LogP contribution >= 0.6 is 0 Å². The molecule has 1 aromatic carbocycles. The van der Waals surface area contributed by atoms with Crippen molar-refractivity contribution in [2.24, 2.45) is 5.73 Å². The second-order valence-electron chi connectivity index (χ2n) is 4.39. The molecule has 0 radical (unpaired) electrons. The zero-order valence-electron chi connectivity index (χ0n) is 11.6. The summed E-state index contributed by atoms with van der Waals surface area (Å²) < 4.78 is 10.5. The molecule has 0 saturated heterocycles. The Morgan fingerprint density at radius 2 is 2.05 bits per heavy atom. The van der Waals surface area contributed by atoms with E-state index in [1.165, 1.54) is 0 Å². The SMILES string of the molecule is CCC(CC(N)C(=O)O)c1cc(OC)ccc1OC. The summed E-state index contributed by atoms with van der Waals surface area (Å²) in [6.07, 6.45) is 1.15. The molecule has 0 aromatic heterocycles. The standard InChI is InChI=1S/C14H21NO4/c1-4-9(7-12(15)14(16)17)11-8-10(18-2)5-6-13(11)19-3/h5-6,8-9,12H,4,7,15H2,1-3H3,(H,16,17). The van der Waals surface area contributed by atoms with Crippen LogP contribution in [0.4, 0.5) is 0 Å². The van der Waals surface area contributed by atoms with E-state index in [0.717, 1.165) is 23.5 Å². The van der Waals surface area contributed by atoms with Crippen molar-refractivity contribution in [3.8, 4) is 11.5 Å². The maximum absolute atomic E-state index is 10.9. The molecule has 19 heavy (non-hydrogen) atoms. The van der Waals surface area contributed by atoms with Gasteiger partial charge in [0.05, 0.1) is 14.2 Å². The molecule has 0 aliphatic heterocycles. The Morgan fingerprint density at radius 3 is 2.53 bits per heavy atom. The van der Waals surface area contributed by atoms with Crippen LogP contribution in [0.1, 0.15) is 31.2 Å². The maximum Gasteiger partial charge on any atom is 0.320 e. The number of hydrogen-bond acceptors (Lipinski definition) is 4. The zero-order chi connectivity index (χ0) is 14.4. The normalized spacial score (nSPS) is 13.7. The van der Waals surface area contributed by atoms with E-state index in [2.05, 4.69) is 0 Å². The van der Waals surface area contributed by atoms with Crippen molar-refractivity contribution in [1.82, 2.24) is 0 Å². The molecule has 5 heteroatoms. The second-order valence-corrected chi connectivity index (χ2v) is 4.39. The number of carbonyl (C=O) groups is 1. The molecule has 0 heterocycles. The van der Waals surface area contributed by atoms with Crippen molar-refractivity contribution in [3.05, 3.63) is 23.8 Å². The fourth-order valence-corrected chi connectivity index (χ4v) is 2.08. The number of carboxylic acids is 1. The summed E-state index contributed by atoms with van der Waals surface area (Å²) in [6.45, 7) is 2.00. The number of aliphatic carboxylic acids is 1. The maximum atomic E-state index is 10.9. The quantitative estimate of drug-likeness (QED) is 0.789. The zero-order valence-corrected chi connectivity index (χ0v) is 11.6. The number of nitrogens with two attached hydrogens (primary N) is 1. The van der Waals surface area contributed by atoms with Crippen LogP contribution in [0.5, 0.6) is 11.5 Å². The van der Waals surface area contributed by atoms with Crippen molar-refractivity contribution in [2.45, 2.75) is 31.7 Å². The van der Waals surface area contributed by atoms with Crippen molar-refractivity contribution in [3.63, 3.8) is 0 Å². The number of ether oxygens (including phenoxy) is 2. The average Bonchev–Trinajstić information content (AvgIpc) is 2.43. The van der Waals surface area contributed by atoms with Crippen molar-refractivity contribution < 1.29 is 19.4 Å². The molecule has 1 aromatic rings. The van der Waals surface area contributed by atoms with Gasteiger partial charge in [0.25, 0.3) is 0 Å². The molecule has 0 fully saturated rings. The Morgan fingerprint density at radius 1 is 1.37 bits per heavy atom. The summed E-state index contributed by atoms with van der Waals surface area (Å²) in [5.41, 5.74) is 6.55. The summed E-state index contributed by atoms with van der Waals surface area (Å²) in [4.78, 5) is 10.9. The highest BCUT2D eigenvalue weighted by Gasteiger charge is 2.22. The molecular weight excluding hydrogens is 246 g/mol. The van der Waals surface area contributed by atoms with Gasteiger partial charge in [-0.05, 0) is 37.0 Å². The van der Waals surface area contributed by atoms with Crippen LogP contribution in [-0.2, 0) is 4.79 Å². The van der Waals surface area contributed by atoms with E-state index in [-0.39, 0.29) is 5.92 Å². The average molecular weight is 267 g/mol. The minimum absolute atomic E-state index is 0.0242. The molecule has 3 N–H and O–H groups in total. The molecule has 1 rings (SSSR count). The highest BCUT2D eigenvalue weighted by Crippen LogP contribution is 2.34. The molecule has 0 saturated carbocycles. The van der Waals surface area contributed by atoms with Gasteiger partial charge in [0, 0.05) is 5.56 Å². The minimum Gasteiger partial charge on any atom is -0.497 e. The van der Waals surface area contributed by atoms with Gasteiger partial charge < -0.3 is 20.3 Å². The Hall–Kier alpha value is -1.75. The number of carboxylic acid groups (broad SMARTS) is 1. The predicted molar refractivity (Wildman–Crippen MR) is 72.8 cm³/mol. The van der Waals surface area contributed by atoms with Crippen LogP contribution in [0.3, 0.4) is 0 Å². The van der Waals surface area contributed by atoms with Gasteiger partial charge in [-0.15, -0.1) is 0 Å². The van der Waals surface area contributed by atoms with Crippen molar-refractivity contribution in [2.75, 3.05) is 14.2 Å². The van der Waals surface area contributed by atoms with Crippen molar-refractivity contribution >= 4 is 5.97 Å². The van der Waals surface area contributed by atoms with Gasteiger partial charge in [-0.25, -0.2) is 0 Å². The summed E-state index contributed by atoms with van der Waals surface area (Å²) in [7, 11) is 3.19. The number of rotatable bonds is 7. The molecule has 5 nitrogen and oxygen atoms in total. The summed E-state index contributed by atoms with van der Waals surface area (Å²) >= 11 is 0. The number of benzene rings is 1. The lowest BCUT2D eigenvalue weighted by Gasteiger charge is -2.20. The van der Waals surface area contributed by atoms with E-state index in [4.69, 9.17) is 20.3 Å². The molecule has 106 valence electrons. The van der Waals surface area contributed by atoms with Gasteiger partial charge in [0.2, 0.25) is 0 Å². The van der Waals surface area contributed by atoms with E-state index in [0.29, 0.717) is 6.42 Å². The van der Waals surface area contributed by atoms with Crippen LogP contribution < -0.4 is 15.2 Å². The molecule has 0 spiro atoms. The number of hydrogen-bond donors (Lipinski definition) is 2. The first-order valence-electron chi connectivity index (χ1n) is 6.23. The second kappa shape index (κ2) is 6.99. The Balaban J connectivity index is 3.04. The molecule has 0 amide bonds. The topological polar surface area (TPSA) is 81.8 Å². The summed E-state index contributed by atoms with van der Waals surface area (Å²) in [5, 5.41) is 8.92. The van der Waals surface area contributed by atoms with Crippen molar-refractivity contribution in [1.29, 1.82) is 0 Å². The minimum atomic E-state index is -0.986. The molecule has 2 atom stereocenters. The smallest absolute Gasteiger partial charge is 0.320 e. The monoisotopic (exact) mass is 267 g/mol. The molecule has 2 unspecified atom stereocenters. The molecule has 0 aliphatic carbocycles. The van der Waals surface area contributed by atoms with Crippen LogP contribution in [0.2, 0.25) is 0 Å². The lowest BCUT2D eigenvalue weighted by molar-refractivity contribution is -0.138. The Bertz CT molecular complexity index is 433. The van der Waals surface area contributed by atoms with Gasteiger partial charge >= 0.3 is 5.97 Å². The Kier molecular flexibility index (Phi) is 5.63. The van der Waals surface area contributed by atoms with Gasteiger partial charge in [0.15, 0.2) is 0 Å². The number of methoxy groups -OCH3 is 2. The Labute approximate surface area is 113 Å². The highest BCUT2D eigenvalue weighted by atomic mass is 16.5. The third kappa shape index (κ3) is 3.86. The lowest BCUT2D eigenvalue weighted by Crippen LogP contribution is -2.31. The van der Waals surface area contributed by atoms with Gasteiger partial charge in [-0.3, -0.25) is 4.79 Å². The van der Waals surface area contributed by atoms with Crippen LogP contribution in [0, 0.1) is 0 Å². The van der Waals surface area contributed by atoms with E-state index < -0.39 is 12.0 Å². The van der Waals surface area contributed by atoms with E-state index in [1.807, 2.05) is 25.1 Å². The summed E-state index contributed by atoms with van der Waals surface area (Å²) in [5.74, 6) is 0.486. The first kappa shape index (κ1) is 15.3. The predicted octanol–water partition coefficient (Wildman–Crippen LogP) is 2.00. The fourth-order valence-electron chi connectivity index (χ4n) is 2.08. The molecule has 0 bridgehead atoms.